The number of nitrogens with zero attached hydrogens (tertiary/aromatic N) is 4. The molecule has 3 rings (SSSR count). The molecule has 2 aromatic rings. The molecule has 1 amide bonds. The van der Waals surface area contributed by atoms with Crippen LogP contribution in [0.4, 0.5) is 0 Å². The summed E-state index contributed by atoms with van der Waals surface area (Å²) in [5, 5.41) is 9.67. The zero-order valence-corrected chi connectivity index (χ0v) is 14.9. The number of hydrogen-bond acceptors (Lipinski definition) is 4. The topological polar surface area (TPSA) is 61.6 Å². The van der Waals surface area contributed by atoms with Gasteiger partial charge in [-0.05, 0) is 43.8 Å². The summed E-state index contributed by atoms with van der Waals surface area (Å²) in [6.45, 7) is 5.46. The zero-order valence-electron chi connectivity index (χ0n) is 14.9. The predicted octanol–water partition coefficient (Wildman–Crippen LogP) is 1.50. The van der Waals surface area contributed by atoms with E-state index in [4.69, 9.17) is 0 Å². The van der Waals surface area contributed by atoms with Crippen LogP contribution >= 0.6 is 0 Å². The number of carbonyl (C=O) groups excluding carboxylic acids is 1. The fourth-order valence-corrected chi connectivity index (χ4v) is 3.42. The van der Waals surface area contributed by atoms with Crippen molar-refractivity contribution in [3.05, 3.63) is 48.5 Å². The maximum absolute atomic E-state index is 12.8. The van der Waals surface area contributed by atoms with Crippen molar-refractivity contribution in [3.8, 4) is 5.69 Å². The van der Waals surface area contributed by atoms with Gasteiger partial charge >= 0.3 is 0 Å². The van der Waals surface area contributed by atoms with Crippen LogP contribution in [0.15, 0.2) is 43.0 Å². The van der Waals surface area contributed by atoms with Gasteiger partial charge in [0, 0.05) is 55.8 Å². The van der Waals surface area contributed by atoms with Gasteiger partial charge in [0.2, 0.25) is 0 Å². The number of rotatable bonds is 6. The van der Waals surface area contributed by atoms with Crippen molar-refractivity contribution in [1.82, 2.24) is 19.4 Å². The van der Waals surface area contributed by atoms with E-state index >= 15 is 0 Å². The summed E-state index contributed by atoms with van der Waals surface area (Å²) >= 11 is 0. The Kier molecular flexibility index (Phi) is 5.50. The summed E-state index contributed by atoms with van der Waals surface area (Å²) in [5.74, 6) is 0.518. The lowest BCUT2D eigenvalue weighted by molar-refractivity contribution is 0.0779. The second-order valence-corrected chi connectivity index (χ2v) is 6.78. The predicted molar refractivity (Wildman–Crippen MR) is 96.7 cm³/mol. The van der Waals surface area contributed by atoms with E-state index in [-0.39, 0.29) is 18.4 Å². The highest BCUT2D eigenvalue weighted by atomic mass is 16.3. The number of benzene rings is 1. The normalized spacial score (nSPS) is 20.4. The summed E-state index contributed by atoms with van der Waals surface area (Å²) in [6.07, 6.45) is 5.34. The minimum absolute atomic E-state index is 0.0392. The number of aliphatic hydroxyl groups excluding tert-OH is 1. The monoisotopic (exact) mass is 342 g/mol. The van der Waals surface area contributed by atoms with Gasteiger partial charge in [0.1, 0.15) is 0 Å². The van der Waals surface area contributed by atoms with Crippen molar-refractivity contribution in [2.75, 3.05) is 39.8 Å². The van der Waals surface area contributed by atoms with E-state index < -0.39 is 0 Å². The standard InChI is InChI=1S/C19H26N4O2/c1-3-21(2)10-16-11-23(12-17(16)13-24)19(25)15-4-6-18(7-5-15)22-9-8-20-14-22/h4-9,14,16-17,24H,3,10-13H2,1-2H3/t16-,17-/m1/s1. The van der Waals surface area contributed by atoms with Crippen LogP contribution in [0, 0.1) is 11.8 Å². The number of likely N-dealkylation sites (tertiary alicyclic amines) is 1. The zero-order chi connectivity index (χ0) is 17.8. The summed E-state index contributed by atoms with van der Waals surface area (Å²) < 4.78 is 1.91. The summed E-state index contributed by atoms with van der Waals surface area (Å²) in [5.41, 5.74) is 1.66. The molecule has 2 atom stereocenters. The molecule has 0 unspecified atom stereocenters. The van der Waals surface area contributed by atoms with Gasteiger partial charge in [0.25, 0.3) is 5.91 Å². The lowest BCUT2D eigenvalue weighted by Gasteiger charge is -2.22. The second-order valence-electron chi connectivity index (χ2n) is 6.78. The molecular weight excluding hydrogens is 316 g/mol. The third-order valence-electron chi connectivity index (χ3n) is 5.10. The van der Waals surface area contributed by atoms with Crippen LogP contribution in [0.1, 0.15) is 17.3 Å². The van der Waals surface area contributed by atoms with Crippen molar-refractivity contribution >= 4 is 5.91 Å². The lowest BCUT2D eigenvalue weighted by atomic mass is 9.96. The number of carbonyl (C=O) groups is 1. The average molecular weight is 342 g/mol. The van der Waals surface area contributed by atoms with Crippen LogP contribution in [0.25, 0.3) is 5.69 Å². The molecule has 0 bridgehead atoms. The van der Waals surface area contributed by atoms with Gasteiger partial charge < -0.3 is 19.5 Å². The molecule has 1 aromatic heterocycles. The number of amides is 1. The Morgan fingerprint density at radius 2 is 2.00 bits per heavy atom. The number of aromatic nitrogens is 2. The largest absolute Gasteiger partial charge is 0.396 e. The Morgan fingerprint density at radius 3 is 2.60 bits per heavy atom. The fraction of sp³-hybridized carbons (Fsp3) is 0.474. The molecule has 6 heteroatoms. The van der Waals surface area contributed by atoms with Crippen LogP contribution in [0.2, 0.25) is 0 Å². The molecule has 1 fully saturated rings. The van der Waals surface area contributed by atoms with Gasteiger partial charge in [-0.25, -0.2) is 4.98 Å². The summed E-state index contributed by atoms with van der Waals surface area (Å²) in [7, 11) is 2.08. The lowest BCUT2D eigenvalue weighted by Crippen LogP contribution is -2.32. The molecule has 6 nitrogen and oxygen atoms in total. The van der Waals surface area contributed by atoms with Crippen molar-refractivity contribution < 1.29 is 9.90 Å². The Labute approximate surface area is 148 Å². The van der Waals surface area contributed by atoms with E-state index in [2.05, 4.69) is 23.9 Å². The molecule has 1 aliphatic rings. The average Bonchev–Trinajstić information content (AvgIpc) is 3.31. The van der Waals surface area contributed by atoms with Crippen molar-refractivity contribution in [2.45, 2.75) is 6.92 Å². The highest BCUT2D eigenvalue weighted by Gasteiger charge is 2.35. The maximum atomic E-state index is 12.8. The molecule has 0 radical (unpaired) electrons. The highest BCUT2D eigenvalue weighted by Crippen LogP contribution is 2.25. The van der Waals surface area contributed by atoms with E-state index in [0.29, 0.717) is 24.6 Å². The minimum atomic E-state index is 0.0392. The van der Waals surface area contributed by atoms with E-state index in [1.165, 1.54) is 0 Å². The minimum Gasteiger partial charge on any atom is -0.396 e. The first-order valence-electron chi connectivity index (χ1n) is 8.79. The van der Waals surface area contributed by atoms with Crippen molar-refractivity contribution in [3.63, 3.8) is 0 Å². The van der Waals surface area contributed by atoms with Crippen LogP contribution in [-0.2, 0) is 0 Å². The quantitative estimate of drug-likeness (QED) is 0.864. The van der Waals surface area contributed by atoms with Crippen LogP contribution in [0.3, 0.4) is 0 Å². The first-order valence-corrected chi connectivity index (χ1v) is 8.79. The van der Waals surface area contributed by atoms with Crippen LogP contribution < -0.4 is 0 Å². The molecular formula is C19H26N4O2. The third kappa shape index (κ3) is 3.91. The Hall–Kier alpha value is -2.18. The Balaban J connectivity index is 1.68. The summed E-state index contributed by atoms with van der Waals surface area (Å²) in [4.78, 5) is 21.0. The first kappa shape index (κ1) is 17.6. The van der Waals surface area contributed by atoms with Crippen LogP contribution in [-0.4, -0.2) is 70.2 Å². The molecule has 1 aliphatic heterocycles. The third-order valence-corrected chi connectivity index (χ3v) is 5.10. The van der Waals surface area contributed by atoms with E-state index in [0.717, 1.165) is 18.8 Å². The van der Waals surface area contributed by atoms with Gasteiger partial charge in [-0.1, -0.05) is 6.92 Å². The molecule has 1 N–H and O–H groups in total. The van der Waals surface area contributed by atoms with Crippen molar-refractivity contribution in [1.29, 1.82) is 0 Å². The molecule has 0 aliphatic carbocycles. The van der Waals surface area contributed by atoms with Gasteiger partial charge in [-0.15, -0.1) is 0 Å². The second kappa shape index (κ2) is 7.80. The van der Waals surface area contributed by atoms with E-state index in [1.807, 2.05) is 39.9 Å². The molecule has 1 aromatic carbocycles. The van der Waals surface area contributed by atoms with Gasteiger partial charge in [0.05, 0.1) is 6.33 Å². The first-order chi connectivity index (χ1) is 12.1. The molecule has 134 valence electrons. The van der Waals surface area contributed by atoms with Gasteiger partial charge in [-0.3, -0.25) is 4.79 Å². The maximum Gasteiger partial charge on any atom is 0.253 e. The number of imidazole rings is 1. The SMILES string of the molecule is CCN(C)C[C@@H]1CN(C(=O)c2ccc(-n3ccnc3)cc2)C[C@@H]1CO. The van der Waals surface area contributed by atoms with Crippen molar-refractivity contribution in [2.24, 2.45) is 11.8 Å². The number of hydrogen-bond donors (Lipinski definition) is 1. The Morgan fingerprint density at radius 1 is 1.28 bits per heavy atom. The fourth-order valence-electron chi connectivity index (χ4n) is 3.42. The molecule has 1 saturated heterocycles. The van der Waals surface area contributed by atoms with E-state index in [1.54, 1.807) is 12.5 Å². The van der Waals surface area contributed by atoms with Crippen LogP contribution in [0.5, 0.6) is 0 Å². The Bertz CT molecular complexity index is 684. The summed E-state index contributed by atoms with van der Waals surface area (Å²) in [6, 6.07) is 7.57. The van der Waals surface area contributed by atoms with E-state index in [9.17, 15) is 9.90 Å². The smallest absolute Gasteiger partial charge is 0.253 e. The molecule has 25 heavy (non-hydrogen) atoms. The molecule has 0 saturated carbocycles. The van der Waals surface area contributed by atoms with Gasteiger partial charge in [-0.2, -0.15) is 0 Å². The molecule has 0 spiro atoms. The van der Waals surface area contributed by atoms with Gasteiger partial charge in [0.15, 0.2) is 0 Å². The number of aliphatic hydroxyl groups is 1. The molecule has 2 heterocycles. The highest BCUT2D eigenvalue weighted by molar-refractivity contribution is 5.94.